The number of benzene rings is 1. The largest absolute Gasteiger partial charge is 0.338 e. The maximum absolute atomic E-state index is 13.8. The van der Waals surface area contributed by atoms with E-state index in [1.807, 2.05) is 22.6 Å². The summed E-state index contributed by atoms with van der Waals surface area (Å²) in [6.07, 6.45) is 0.875. The average molecular weight is 362 g/mol. The van der Waals surface area contributed by atoms with Gasteiger partial charge in [-0.2, -0.15) is 0 Å². The fourth-order valence-corrected chi connectivity index (χ4v) is 2.92. The normalized spacial score (nSPS) is 23.4. The van der Waals surface area contributed by atoms with E-state index < -0.39 is 5.82 Å². The molecule has 2 rings (SSSR count). The second kappa shape index (κ2) is 5.13. The fourth-order valence-electron chi connectivity index (χ4n) is 2.22. The monoisotopic (exact) mass is 362 g/mol. The third-order valence-corrected chi connectivity index (χ3v) is 4.41. The molecule has 0 saturated carbocycles. The average Bonchev–Trinajstić information content (AvgIpc) is 2.72. The number of nitrogens with zero attached hydrogens (tertiary/aromatic N) is 1. The van der Waals surface area contributed by atoms with Gasteiger partial charge in [0.05, 0.1) is 5.56 Å². The van der Waals surface area contributed by atoms with Crippen molar-refractivity contribution in [3.8, 4) is 0 Å². The summed E-state index contributed by atoms with van der Waals surface area (Å²) in [6, 6.07) is 4.69. The lowest BCUT2D eigenvalue weighted by molar-refractivity contribution is 0.0771. The number of hydrogen-bond donors (Lipinski definition) is 1. The molecule has 1 atom stereocenters. The zero-order valence-corrected chi connectivity index (χ0v) is 12.4. The first kappa shape index (κ1) is 13.7. The highest BCUT2D eigenvalue weighted by atomic mass is 127. The van der Waals surface area contributed by atoms with Gasteiger partial charge in [-0.1, -0.05) is 13.0 Å². The van der Waals surface area contributed by atoms with Crippen LogP contribution in [0.5, 0.6) is 0 Å². The van der Waals surface area contributed by atoms with Gasteiger partial charge in [0, 0.05) is 16.7 Å². The Morgan fingerprint density at radius 1 is 1.61 bits per heavy atom. The van der Waals surface area contributed by atoms with Crippen LogP contribution in [0.2, 0.25) is 0 Å². The summed E-state index contributed by atoms with van der Waals surface area (Å²) in [4.78, 5) is 14.0. The lowest BCUT2D eigenvalue weighted by Crippen LogP contribution is -2.35. The minimum atomic E-state index is -0.451. The van der Waals surface area contributed by atoms with Gasteiger partial charge in [-0.05, 0) is 53.1 Å². The van der Waals surface area contributed by atoms with Crippen molar-refractivity contribution in [1.29, 1.82) is 0 Å². The Morgan fingerprint density at radius 2 is 2.33 bits per heavy atom. The number of likely N-dealkylation sites (tertiary alicyclic amines) is 1. The predicted octanol–water partition coefficient (Wildman–Crippen LogP) is 2.24. The molecule has 0 radical (unpaired) electrons. The zero-order chi connectivity index (χ0) is 13.3. The van der Waals surface area contributed by atoms with Gasteiger partial charge >= 0.3 is 0 Å². The van der Waals surface area contributed by atoms with Gasteiger partial charge in [0.25, 0.3) is 5.91 Å². The Kier molecular flexibility index (Phi) is 3.91. The highest BCUT2D eigenvalue weighted by molar-refractivity contribution is 14.1. The molecule has 0 bridgehead atoms. The van der Waals surface area contributed by atoms with Crippen LogP contribution in [0.15, 0.2) is 18.2 Å². The van der Waals surface area contributed by atoms with E-state index in [1.165, 1.54) is 6.07 Å². The lowest BCUT2D eigenvalue weighted by Gasteiger charge is -2.23. The molecule has 18 heavy (non-hydrogen) atoms. The van der Waals surface area contributed by atoms with Crippen molar-refractivity contribution in [3.63, 3.8) is 0 Å². The second-order valence-corrected chi connectivity index (χ2v) is 6.25. The van der Waals surface area contributed by atoms with Crippen LogP contribution in [0.3, 0.4) is 0 Å². The first-order valence-electron chi connectivity index (χ1n) is 5.90. The molecule has 1 fully saturated rings. The van der Waals surface area contributed by atoms with E-state index in [0.717, 1.165) is 6.42 Å². The van der Waals surface area contributed by atoms with Gasteiger partial charge in [-0.25, -0.2) is 4.39 Å². The van der Waals surface area contributed by atoms with Crippen LogP contribution in [0, 0.1) is 14.8 Å². The molecule has 0 aromatic heterocycles. The molecular weight excluding hydrogens is 346 g/mol. The van der Waals surface area contributed by atoms with Crippen molar-refractivity contribution in [3.05, 3.63) is 33.1 Å². The molecule has 1 saturated heterocycles. The highest BCUT2D eigenvalue weighted by Crippen LogP contribution is 2.30. The van der Waals surface area contributed by atoms with Gasteiger partial charge in [0.1, 0.15) is 5.82 Å². The molecule has 3 nitrogen and oxygen atoms in total. The fraction of sp³-hybridized carbons (Fsp3) is 0.462. The smallest absolute Gasteiger partial charge is 0.257 e. The van der Waals surface area contributed by atoms with Gasteiger partial charge in [-0.3, -0.25) is 4.79 Å². The Morgan fingerprint density at radius 3 is 2.89 bits per heavy atom. The summed E-state index contributed by atoms with van der Waals surface area (Å²) in [7, 11) is 0. The quantitative estimate of drug-likeness (QED) is 0.821. The number of carbonyl (C=O) groups is 1. The molecule has 98 valence electrons. The Balaban J connectivity index is 2.23. The molecule has 1 aromatic rings. The third kappa shape index (κ3) is 2.51. The Bertz CT molecular complexity index is 460. The molecule has 0 spiro atoms. The SMILES string of the molecule is CC1(CN)CCN(C(=O)c2c(F)cccc2I)C1. The molecule has 1 amide bonds. The van der Waals surface area contributed by atoms with Crippen LogP contribution >= 0.6 is 22.6 Å². The van der Waals surface area contributed by atoms with Gasteiger partial charge < -0.3 is 10.6 Å². The topological polar surface area (TPSA) is 46.3 Å². The van der Waals surface area contributed by atoms with E-state index in [2.05, 4.69) is 6.92 Å². The van der Waals surface area contributed by atoms with Crippen molar-refractivity contribution in [2.45, 2.75) is 13.3 Å². The van der Waals surface area contributed by atoms with Crippen molar-refractivity contribution in [1.82, 2.24) is 4.90 Å². The summed E-state index contributed by atoms with van der Waals surface area (Å²) in [5.74, 6) is -0.678. The lowest BCUT2D eigenvalue weighted by atomic mass is 9.90. The molecule has 1 aliphatic rings. The molecule has 1 heterocycles. The minimum absolute atomic E-state index is 0.0354. The first-order chi connectivity index (χ1) is 8.47. The van der Waals surface area contributed by atoms with Gasteiger partial charge in [0.15, 0.2) is 0 Å². The third-order valence-electron chi connectivity index (χ3n) is 3.51. The Labute approximate surface area is 120 Å². The summed E-state index contributed by atoms with van der Waals surface area (Å²) < 4.78 is 14.4. The van der Waals surface area contributed by atoms with Crippen molar-refractivity contribution < 1.29 is 9.18 Å². The minimum Gasteiger partial charge on any atom is -0.338 e. The van der Waals surface area contributed by atoms with Crippen molar-refractivity contribution in [2.24, 2.45) is 11.1 Å². The van der Waals surface area contributed by atoms with Crippen LogP contribution in [0.25, 0.3) is 0 Å². The standard InChI is InChI=1S/C13H16FIN2O/c1-13(7-16)5-6-17(8-13)12(18)11-9(14)3-2-4-10(11)15/h2-4H,5-8,16H2,1H3. The van der Waals surface area contributed by atoms with E-state index in [0.29, 0.717) is 23.2 Å². The van der Waals surface area contributed by atoms with E-state index in [4.69, 9.17) is 5.73 Å². The molecule has 1 aliphatic heterocycles. The Hall–Kier alpha value is -0.690. The summed E-state index contributed by atoms with van der Waals surface area (Å²) >= 11 is 1.99. The summed E-state index contributed by atoms with van der Waals surface area (Å²) in [5, 5.41) is 0. The van der Waals surface area contributed by atoms with Crippen molar-refractivity contribution in [2.75, 3.05) is 19.6 Å². The predicted molar refractivity (Wildman–Crippen MR) is 76.8 cm³/mol. The van der Waals surface area contributed by atoms with Gasteiger partial charge in [0.2, 0.25) is 0 Å². The van der Waals surface area contributed by atoms with Crippen LogP contribution in [-0.2, 0) is 0 Å². The number of halogens is 2. The van der Waals surface area contributed by atoms with Gasteiger partial charge in [-0.15, -0.1) is 0 Å². The highest BCUT2D eigenvalue weighted by Gasteiger charge is 2.36. The van der Waals surface area contributed by atoms with E-state index in [-0.39, 0.29) is 16.9 Å². The second-order valence-electron chi connectivity index (χ2n) is 5.09. The number of nitrogens with two attached hydrogens (primary N) is 1. The number of rotatable bonds is 2. The van der Waals surface area contributed by atoms with Crippen LogP contribution in [0.4, 0.5) is 4.39 Å². The summed E-state index contributed by atoms with van der Waals surface area (Å²) in [5.41, 5.74) is 5.86. The molecule has 1 unspecified atom stereocenters. The molecule has 5 heteroatoms. The molecule has 0 aliphatic carbocycles. The first-order valence-corrected chi connectivity index (χ1v) is 6.98. The van der Waals surface area contributed by atoms with E-state index in [1.54, 1.807) is 17.0 Å². The zero-order valence-electron chi connectivity index (χ0n) is 10.2. The van der Waals surface area contributed by atoms with Crippen molar-refractivity contribution >= 4 is 28.5 Å². The maximum Gasteiger partial charge on any atom is 0.257 e. The maximum atomic E-state index is 13.8. The van der Waals surface area contributed by atoms with Crippen LogP contribution < -0.4 is 5.73 Å². The number of carbonyl (C=O) groups excluding carboxylic acids is 1. The summed E-state index contributed by atoms with van der Waals surface area (Å²) in [6.45, 7) is 3.86. The van der Waals surface area contributed by atoms with Crippen LogP contribution in [0.1, 0.15) is 23.7 Å². The number of amides is 1. The molecule has 1 aromatic carbocycles. The van der Waals surface area contributed by atoms with E-state index in [9.17, 15) is 9.18 Å². The van der Waals surface area contributed by atoms with E-state index >= 15 is 0 Å². The molecular formula is C13H16FIN2O. The number of hydrogen-bond acceptors (Lipinski definition) is 2. The van der Waals surface area contributed by atoms with Crippen LogP contribution in [-0.4, -0.2) is 30.4 Å². The molecule has 2 N–H and O–H groups in total.